The molecule has 0 heterocycles. The molecule has 1 saturated carbocycles. The van der Waals surface area contributed by atoms with Crippen LogP contribution < -0.4 is 4.72 Å². The van der Waals surface area contributed by atoms with Crippen LogP contribution in [0.15, 0.2) is 12.2 Å². The van der Waals surface area contributed by atoms with Crippen molar-refractivity contribution in [3.05, 3.63) is 12.2 Å². The Morgan fingerprint density at radius 1 is 1.45 bits per heavy atom. The van der Waals surface area contributed by atoms with Crippen LogP contribution in [0.5, 0.6) is 0 Å². The summed E-state index contributed by atoms with van der Waals surface area (Å²) in [6, 6.07) is 0. The fourth-order valence-electron chi connectivity index (χ4n) is 2.13. The molecule has 1 fully saturated rings. The van der Waals surface area contributed by atoms with E-state index in [1.165, 1.54) is 32.1 Å². The number of rotatable bonds is 11. The average molecular weight is 299 g/mol. The highest BCUT2D eigenvalue weighted by atomic mass is 32.2. The fraction of sp³-hybridized carbons (Fsp3) is 0.812. The zero-order chi connectivity index (χ0) is 14.8. The van der Waals surface area contributed by atoms with Crippen LogP contribution in [0.1, 0.15) is 58.8 Å². The Labute approximate surface area is 127 Å². The molecule has 1 aliphatic rings. The number of aliphatic hydroxyl groups excluding tert-OH is 1. The molecule has 0 aromatic rings. The number of carbonyl (C=O) groups excluding carboxylic acids is 1. The van der Waals surface area contributed by atoms with E-state index in [9.17, 15) is 4.79 Å². The van der Waals surface area contributed by atoms with Gasteiger partial charge >= 0.3 is 0 Å². The van der Waals surface area contributed by atoms with Crippen molar-refractivity contribution >= 4 is 17.9 Å². The molecule has 4 heteroatoms. The lowest BCUT2D eigenvalue weighted by molar-refractivity contribution is -0.124. The monoisotopic (exact) mass is 299 g/mol. The average Bonchev–Trinajstić information content (AvgIpc) is 3.26. The molecule has 1 rings (SSSR count). The molecule has 116 valence electrons. The maximum atomic E-state index is 12.2. The van der Waals surface area contributed by atoms with Crippen molar-refractivity contribution in [1.82, 2.24) is 4.72 Å². The third-order valence-corrected chi connectivity index (χ3v) is 4.80. The molecular formula is C16H29NO2S. The summed E-state index contributed by atoms with van der Waals surface area (Å²) in [7, 11) is 0. The topological polar surface area (TPSA) is 49.3 Å². The number of nitrogens with one attached hydrogen (secondary N) is 1. The van der Waals surface area contributed by atoms with Gasteiger partial charge in [0.05, 0.1) is 0 Å². The van der Waals surface area contributed by atoms with E-state index in [1.807, 2.05) is 0 Å². The summed E-state index contributed by atoms with van der Waals surface area (Å²) in [5.74, 6) is 0.138. The molecule has 0 saturated heterocycles. The second-order valence-corrected chi connectivity index (χ2v) is 6.79. The van der Waals surface area contributed by atoms with E-state index in [1.54, 1.807) is 11.9 Å². The summed E-state index contributed by atoms with van der Waals surface area (Å²) in [6.45, 7) is 4.34. The van der Waals surface area contributed by atoms with Gasteiger partial charge in [-0.25, -0.2) is 0 Å². The van der Waals surface area contributed by atoms with Crippen LogP contribution in [0.4, 0.5) is 0 Å². The Hall–Kier alpha value is -0.480. The molecule has 0 radical (unpaired) electrons. The molecule has 20 heavy (non-hydrogen) atoms. The molecule has 1 unspecified atom stereocenters. The van der Waals surface area contributed by atoms with Crippen LogP contribution in [-0.2, 0) is 4.79 Å². The maximum Gasteiger partial charge on any atom is 0.233 e. The smallest absolute Gasteiger partial charge is 0.233 e. The standard InChI is InChI=1S/C16H29NO2S/c1-3-4-5-6-7-8-13(2)15(11-12-18)16(19)17-20-14-9-10-14/h7-8,13-15,18H,3-6,9-12H2,1-2H3,(H,17,19)/b8-7-/t13-,15?/m0/s1. The number of allylic oxidation sites excluding steroid dienone is 2. The number of amides is 1. The van der Waals surface area contributed by atoms with Crippen LogP contribution in [0.25, 0.3) is 0 Å². The Bertz CT molecular complexity index is 303. The molecule has 0 aromatic heterocycles. The molecule has 0 bridgehead atoms. The van der Waals surface area contributed by atoms with E-state index in [0.717, 1.165) is 6.42 Å². The Balaban J connectivity index is 2.34. The highest BCUT2D eigenvalue weighted by Crippen LogP contribution is 2.32. The predicted octanol–water partition coefficient (Wildman–Crippen LogP) is 3.68. The van der Waals surface area contributed by atoms with E-state index < -0.39 is 0 Å². The van der Waals surface area contributed by atoms with Crippen LogP contribution in [0.3, 0.4) is 0 Å². The van der Waals surface area contributed by atoms with E-state index in [4.69, 9.17) is 5.11 Å². The number of hydrogen-bond acceptors (Lipinski definition) is 3. The zero-order valence-electron chi connectivity index (χ0n) is 12.8. The van der Waals surface area contributed by atoms with Gasteiger partial charge in [-0.3, -0.25) is 9.52 Å². The van der Waals surface area contributed by atoms with Crippen molar-refractivity contribution in [1.29, 1.82) is 0 Å². The first-order valence-corrected chi connectivity index (χ1v) is 8.80. The van der Waals surface area contributed by atoms with Crippen molar-refractivity contribution in [3.8, 4) is 0 Å². The van der Waals surface area contributed by atoms with Gasteiger partial charge in [0.2, 0.25) is 5.91 Å². The Morgan fingerprint density at radius 2 is 2.20 bits per heavy atom. The minimum atomic E-state index is -0.117. The molecule has 0 aliphatic heterocycles. The highest BCUT2D eigenvalue weighted by molar-refractivity contribution is 7.98. The first-order valence-electron chi connectivity index (χ1n) is 7.92. The van der Waals surface area contributed by atoms with E-state index >= 15 is 0 Å². The maximum absolute atomic E-state index is 12.2. The first-order chi connectivity index (χ1) is 9.69. The van der Waals surface area contributed by atoms with Crippen LogP contribution in [-0.4, -0.2) is 22.9 Å². The predicted molar refractivity (Wildman–Crippen MR) is 86.4 cm³/mol. The SMILES string of the molecule is CCCCC/C=C\[C@H](C)C(CCO)C(=O)NSC1CC1. The van der Waals surface area contributed by atoms with Crippen molar-refractivity contribution < 1.29 is 9.90 Å². The van der Waals surface area contributed by atoms with Gasteiger partial charge in [-0.2, -0.15) is 0 Å². The summed E-state index contributed by atoms with van der Waals surface area (Å²) in [5, 5.41) is 9.77. The first kappa shape index (κ1) is 17.6. The van der Waals surface area contributed by atoms with Gasteiger partial charge in [0, 0.05) is 17.8 Å². The normalized spacial score (nSPS) is 18.1. The van der Waals surface area contributed by atoms with Crippen molar-refractivity contribution in [2.75, 3.05) is 6.61 Å². The van der Waals surface area contributed by atoms with Gasteiger partial charge in [0.25, 0.3) is 0 Å². The molecule has 0 aromatic carbocycles. The van der Waals surface area contributed by atoms with Crippen molar-refractivity contribution in [2.45, 2.75) is 64.0 Å². The molecular weight excluding hydrogens is 270 g/mol. The van der Waals surface area contributed by atoms with Crippen LogP contribution in [0.2, 0.25) is 0 Å². The number of carbonyl (C=O) groups is 1. The van der Waals surface area contributed by atoms with Gasteiger partial charge in [-0.05, 0) is 50.0 Å². The number of hydrogen-bond donors (Lipinski definition) is 2. The Kier molecular flexibility index (Phi) is 9.03. The molecule has 0 spiro atoms. The number of aliphatic hydroxyl groups is 1. The summed E-state index contributed by atoms with van der Waals surface area (Å²) in [6.07, 6.45) is 12.1. The largest absolute Gasteiger partial charge is 0.396 e. The highest BCUT2D eigenvalue weighted by Gasteiger charge is 2.27. The molecule has 2 atom stereocenters. The summed E-state index contributed by atoms with van der Waals surface area (Å²) >= 11 is 1.55. The molecule has 1 aliphatic carbocycles. The van der Waals surface area contributed by atoms with E-state index in [0.29, 0.717) is 11.7 Å². The summed E-state index contributed by atoms with van der Waals surface area (Å²) < 4.78 is 2.95. The summed E-state index contributed by atoms with van der Waals surface area (Å²) in [4.78, 5) is 12.2. The van der Waals surface area contributed by atoms with Crippen LogP contribution >= 0.6 is 11.9 Å². The minimum Gasteiger partial charge on any atom is -0.396 e. The lowest BCUT2D eigenvalue weighted by Gasteiger charge is -2.19. The van der Waals surface area contributed by atoms with Gasteiger partial charge < -0.3 is 5.11 Å². The van der Waals surface area contributed by atoms with Gasteiger partial charge in [0.1, 0.15) is 0 Å². The minimum absolute atomic E-state index is 0.0696. The fourth-order valence-corrected chi connectivity index (χ4v) is 2.94. The molecule has 3 nitrogen and oxygen atoms in total. The lowest BCUT2D eigenvalue weighted by Crippen LogP contribution is -2.31. The van der Waals surface area contributed by atoms with E-state index in [-0.39, 0.29) is 24.3 Å². The van der Waals surface area contributed by atoms with Gasteiger partial charge in [-0.15, -0.1) is 0 Å². The van der Waals surface area contributed by atoms with Gasteiger partial charge in [0.15, 0.2) is 0 Å². The lowest BCUT2D eigenvalue weighted by atomic mass is 9.90. The second-order valence-electron chi connectivity index (χ2n) is 5.69. The van der Waals surface area contributed by atoms with E-state index in [2.05, 4.69) is 30.7 Å². The Morgan fingerprint density at radius 3 is 2.80 bits per heavy atom. The number of unbranched alkanes of at least 4 members (excludes halogenated alkanes) is 3. The molecule has 1 amide bonds. The van der Waals surface area contributed by atoms with Crippen molar-refractivity contribution in [2.24, 2.45) is 11.8 Å². The quantitative estimate of drug-likeness (QED) is 0.347. The third kappa shape index (κ3) is 7.34. The summed E-state index contributed by atoms with van der Waals surface area (Å²) in [5.41, 5.74) is 0. The third-order valence-electron chi connectivity index (χ3n) is 3.68. The molecule has 2 N–H and O–H groups in total. The van der Waals surface area contributed by atoms with Crippen molar-refractivity contribution in [3.63, 3.8) is 0 Å². The second kappa shape index (κ2) is 10.3. The zero-order valence-corrected chi connectivity index (χ0v) is 13.6. The van der Waals surface area contributed by atoms with Gasteiger partial charge in [-0.1, -0.05) is 38.8 Å². The van der Waals surface area contributed by atoms with Crippen LogP contribution in [0, 0.1) is 11.8 Å².